The quantitative estimate of drug-likeness (QED) is 0.590. The van der Waals surface area contributed by atoms with Crippen molar-refractivity contribution in [1.29, 1.82) is 0 Å². The van der Waals surface area contributed by atoms with Crippen LogP contribution in [0.3, 0.4) is 0 Å². The molecule has 0 atom stereocenters. The number of nitrogens with zero attached hydrogens (tertiary/aromatic N) is 1. The molecule has 0 fully saturated rings. The largest absolute Gasteiger partial charge is 0.243 e. The second-order valence-electron chi connectivity index (χ2n) is 1.86. The molecule has 1 radical (unpaired) electrons. The maximum absolute atomic E-state index is 5.79. The van der Waals surface area contributed by atoms with Gasteiger partial charge in [-0.3, -0.25) is 0 Å². The summed E-state index contributed by atoms with van der Waals surface area (Å²) in [6.45, 7) is 0. The van der Waals surface area contributed by atoms with E-state index < -0.39 is 0 Å². The summed E-state index contributed by atoms with van der Waals surface area (Å²) in [5, 5.41) is 0.610. The molecule has 2 rings (SSSR count). The number of hydrogen-bond acceptors (Lipinski definition) is 2. The molecule has 0 aliphatic heterocycles. The lowest BCUT2D eigenvalue weighted by molar-refractivity contribution is 1.50. The maximum Gasteiger partial charge on any atom is 0.100 e. The molecule has 0 bridgehead atoms. The van der Waals surface area contributed by atoms with Crippen molar-refractivity contribution in [3.8, 4) is 0 Å². The highest BCUT2D eigenvalue weighted by molar-refractivity contribution is 7.16. The first-order valence-electron chi connectivity index (χ1n) is 2.77. The molecule has 1 nitrogen and oxygen atoms in total. The van der Waals surface area contributed by atoms with Crippen LogP contribution in [0.25, 0.3) is 10.2 Å². The van der Waals surface area contributed by atoms with Crippen LogP contribution in [0.2, 0.25) is 5.02 Å². The third kappa shape index (κ3) is 0.805. The zero-order valence-corrected chi connectivity index (χ0v) is 6.54. The van der Waals surface area contributed by atoms with Crippen molar-refractivity contribution in [3.63, 3.8) is 0 Å². The van der Waals surface area contributed by atoms with Gasteiger partial charge in [0, 0.05) is 6.07 Å². The molecule has 0 saturated carbocycles. The van der Waals surface area contributed by atoms with Gasteiger partial charge in [-0.05, 0) is 6.07 Å². The molecule has 1 heterocycles. The molecule has 49 valence electrons. The number of thiazole rings is 1. The SMILES string of the molecule is Clc1[c]ccc2scnc12. The van der Waals surface area contributed by atoms with E-state index in [-0.39, 0.29) is 0 Å². The maximum atomic E-state index is 5.79. The molecule has 3 heteroatoms. The highest BCUT2D eigenvalue weighted by Gasteiger charge is 1.98. The predicted molar refractivity (Wildman–Crippen MR) is 43.5 cm³/mol. The fraction of sp³-hybridized carbons (Fsp3) is 0. The minimum absolute atomic E-state index is 0.610. The van der Waals surface area contributed by atoms with E-state index in [9.17, 15) is 0 Å². The summed E-state index contributed by atoms with van der Waals surface area (Å²) >= 11 is 7.37. The summed E-state index contributed by atoms with van der Waals surface area (Å²) < 4.78 is 1.11. The van der Waals surface area contributed by atoms with Crippen LogP contribution in [-0.4, -0.2) is 4.98 Å². The second-order valence-corrected chi connectivity index (χ2v) is 3.12. The van der Waals surface area contributed by atoms with Crippen LogP contribution >= 0.6 is 22.9 Å². The number of rotatable bonds is 0. The Labute approximate surface area is 67.3 Å². The lowest BCUT2D eigenvalue weighted by Gasteiger charge is -1.87. The van der Waals surface area contributed by atoms with Gasteiger partial charge in [-0.25, -0.2) is 4.98 Å². The summed E-state index contributed by atoms with van der Waals surface area (Å²) in [6, 6.07) is 6.64. The minimum atomic E-state index is 0.610. The molecule has 0 aliphatic rings. The third-order valence-corrected chi connectivity index (χ3v) is 2.33. The summed E-state index contributed by atoms with van der Waals surface area (Å²) in [5.41, 5.74) is 2.64. The van der Waals surface area contributed by atoms with Crippen molar-refractivity contribution in [3.05, 3.63) is 28.7 Å². The van der Waals surface area contributed by atoms with Crippen LogP contribution in [0.1, 0.15) is 0 Å². The third-order valence-electron chi connectivity index (χ3n) is 1.25. The van der Waals surface area contributed by atoms with Crippen LogP contribution in [0.4, 0.5) is 0 Å². The van der Waals surface area contributed by atoms with Gasteiger partial charge >= 0.3 is 0 Å². The zero-order chi connectivity index (χ0) is 6.97. The van der Waals surface area contributed by atoms with Crippen molar-refractivity contribution in [2.45, 2.75) is 0 Å². The molecule has 0 spiro atoms. The van der Waals surface area contributed by atoms with E-state index in [2.05, 4.69) is 11.1 Å². The number of fused-ring (bicyclic) bond motifs is 1. The summed E-state index contributed by atoms with van der Waals surface area (Å²) in [7, 11) is 0. The van der Waals surface area contributed by atoms with Crippen molar-refractivity contribution in [1.82, 2.24) is 4.98 Å². The molecule has 2 aromatic rings. The molecule has 0 amide bonds. The van der Waals surface area contributed by atoms with Crippen LogP contribution in [0, 0.1) is 6.07 Å². The lowest BCUT2D eigenvalue weighted by atomic mass is 10.3. The summed E-state index contributed by atoms with van der Waals surface area (Å²) in [5.74, 6) is 0. The van der Waals surface area contributed by atoms with Gasteiger partial charge in [0.2, 0.25) is 0 Å². The van der Waals surface area contributed by atoms with Gasteiger partial charge in [-0.1, -0.05) is 17.7 Å². The van der Waals surface area contributed by atoms with Crippen molar-refractivity contribution in [2.24, 2.45) is 0 Å². The van der Waals surface area contributed by atoms with Crippen LogP contribution in [-0.2, 0) is 0 Å². The average Bonchev–Trinajstić information content (AvgIpc) is 2.36. The first-order chi connectivity index (χ1) is 4.88. The Hall–Kier alpha value is -0.600. The summed E-state index contributed by atoms with van der Waals surface area (Å²) in [6.07, 6.45) is 0. The first kappa shape index (κ1) is 6.13. The van der Waals surface area contributed by atoms with Gasteiger partial charge in [0.05, 0.1) is 15.2 Å². The Morgan fingerprint density at radius 3 is 3.30 bits per heavy atom. The fourth-order valence-corrected chi connectivity index (χ4v) is 1.75. The Morgan fingerprint density at radius 2 is 2.50 bits per heavy atom. The number of aromatic nitrogens is 1. The van der Waals surface area contributed by atoms with E-state index in [4.69, 9.17) is 11.6 Å². The Kier molecular flexibility index (Phi) is 1.36. The molecule has 0 N–H and O–H groups in total. The van der Waals surface area contributed by atoms with Crippen LogP contribution in [0.5, 0.6) is 0 Å². The van der Waals surface area contributed by atoms with Gasteiger partial charge < -0.3 is 0 Å². The number of halogens is 1. The van der Waals surface area contributed by atoms with Gasteiger partial charge in [0.15, 0.2) is 0 Å². The van der Waals surface area contributed by atoms with E-state index in [0.717, 1.165) is 10.2 Å². The first-order valence-corrected chi connectivity index (χ1v) is 4.03. The highest BCUT2D eigenvalue weighted by Crippen LogP contribution is 2.23. The van der Waals surface area contributed by atoms with Gasteiger partial charge in [-0.15, -0.1) is 11.3 Å². The summed E-state index contributed by atoms with van der Waals surface area (Å²) in [4.78, 5) is 4.07. The predicted octanol–water partition coefficient (Wildman–Crippen LogP) is 2.75. The van der Waals surface area contributed by atoms with Crippen LogP contribution < -0.4 is 0 Å². The Balaban J connectivity index is 2.95. The molecular formula is C7H3ClNS. The topological polar surface area (TPSA) is 12.9 Å². The van der Waals surface area contributed by atoms with E-state index in [1.54, 1.807) is 16.8 Å². The molecule has 0 unspecified atom stereocenters. The van der Waals surface area contributed by atoms with Crippen molar-refractivity contribution >= 4 is 33.2 Å². The molecule has 0 saturated heterocycles. The van der Waals surface area contributed by atoms with Crippen LogP contribution in [0.15, 0.2) is 17.6 Å². The molecule has 1 aromatic carbocycles. The normalized spacial score (nSPS) is 10.5. The number of hydrogen-bond donors (Lipinski definition) is 0. The zero-order valence-electron chi connectivity index (χ0n) is 4.97. The van der Waals surface area contributed by atoms with Gasteiger partial charge in [0.25, 0.3) is 0 Å². The Bertz CT molecular complexity index is 355. The molecule has 1 aromatic heterocycles. The van der Waals surface area contributed by atoms with Crippen molar-refractivity contribution < 1.29 is 0 Å². The Morgan fingerprint density at radius 1 is 1.60 bits per heavy atom. The van der Waals surface area contributed by atoms with Crippen molar-refractivity contribution in [2.75, 3.05) is 0 Å². The van der Waals surface area contributed by atoms with Gasteiger partial charge in [-0.2, -0.15) is 0 Å². The molecular weight excluding hydrogens is 166 g/mol. The van der Waals surface area contributed by atoms with Gasteiger partial charge in [0.1, 0.15) is 5.52 Å². The minimum Gasteiger partial charge on any atom is -0.243 e. The smallest absolute Gasteiger partial charge is 0.100 e. The second kappa shape index (κ2) is 2.22. The van der Waals surface area contributed by atoms with E-state index in [1.807, 2.05) is 12.1 Å². The molecule has 10 heavy (non-hydrogen) atoms. The fourth-order valence-electron chi connectivity index (χ4n) is 0.797. The lowest BCUT2D eigenvalue weighted by Crippen LogP contribution is -1.67. The monoisotopic (exact) mass is 168 g/mol. The van der Waals surface area contributed by atoms with E-state index >= 15 is 0 Å². The molecule has 0 aliphatic carbocycles. The highest BCUT2D eigenvalue weighted by atomic mass is 35.5. The van der Waals surface area contributed by atoms with E-state index in [0.29, 0.717) is 5.02 Å². The average molecular weight is 169 g/mol. The standard InChI is InChI=1S/C7H3ClNS/c8-5-2-1-3-6-7(5)9-4-10-6/h1,3-4H. The number of benzene rings is 1. The van der Waals surface area contributed by atoms with E-state index in [1.165, 1.54) is 0 Å².